The third-order valence-electron chi connectivity index (χ3n) is 5.19. The third kappa shape index (κ3) is 2.82. The van der Waals surface area contributed by atoms with Gasteiger partial charge in [0.05, 0.1) is 11.5 Å². The number of amides is 1. The van der Waals surface area contributed by atoms with Gasteiger partial charge in [0, 0.05) is 11.6 Å². The summed E-state index contributed by atoms with van der Waals surface area (Å²) >= 11 is 6.04. The van der Waals surface area contributed by atoms with Crippen molar-refractivity contribution in [2.45, 2.75) is 38.6 Å². The Labute approximate surface area is 131 Å². The van der Waals surface area contributed by atoms with Crippen LogP contribution in [0.2, 0.25) is 5.02 Å². The fourth-order valence-corrected chi connectivity index (χ4v) is 4.09. The second-order valence-electron chi connectivity index (χ2n) is 6.48. The molecule has 2 fully saturated rings. The van der Waals surface area contributed by atoms with Crippen LogP contribution in [0.4, 0.5) is 0 Å². The van der Waals surface area contributed by atoms with Gasteiger partial charge in [0.15, 0.2) is 0 Å². The molecule has 1 aliphatic carbocycles. The second kappa shape index (κ2) is 5.98. The molecule has 1 aromatic carbocycles. The van der Waals surface area contributed by atoms with Crippen molar-refractivity contribution in [3.05, 3.63) is 34.9 Å². The van der Waals surface area contributed by atoms with Gasteiger partial charge in [-0.25, -0.2) is 0 Å². The normalized spacial score (nSPS) is 29.7. The number of hydrogen-bond acceptors (Lipinski definition) is 2. The molecule has 1 heterocycles. The summed E-state index contributed by atoms with van der Waals surface area (Å²) in [4.78, 5) is 12.9. The molecule has 0 bridgehead atoms. The maximum Gasteiger partial charge on any atom is 0.228 e. The Bertz CT molecular complexity index is 533. The van der Waals surface area contributed by atoms with E-state index in [0.717, 1.165) is 31.5 Å². The summed E-state index contributed by atoms with van der Waals surface area (Å²) < 4.78 is 0. The summed E-state index contributed by atoms with van der Waals surface area (Å²) in [7, 11) is 0. The van der Waals surface area contributed by atoms with E-state index in [0.29, 0.717) is 10.9 Å². The first kappa shape index (κ1) is 14.9. The molecule has 0 spiro atoms. The van der Waals surface area contributed by atoms with E-state index in [9.17, 15) is 4.79 Å². The Morgan fingerprint density at radius 2 is 2.33 bits per heavy atom. The molecule has 3 nitrogen and oxygen atoms in total. The van der Waals surface area contributed by atoms with E-state index in [1.54, 1.807) is 0 Å². The lowest BCUT2D eigenvalue weighted by Gasteiger charge is -2.38. The van der Waals surface area contributed by atoms with E-state index in [-0.39, 0.29) is 17.4 Å². The van der Waals surface area contributed by atoms with E-state index in [1.165, 1.54) is 12.8 Å². The van der Waals surface area contributed by atoms with Gasteiger partial charge in [-0.15, -0.1) is 0 Å². The van der Waals surface area contributed by atoms with Crippen molar-refractivity contribution in [2.24, 2.45) is 11.3 Å². The van der Waals surface area contributed by atoms with Crippen molar-refractivity contribution in [1.29, 1.82) is 0 Å². The van der Waals surface area contributed by atoms with Crippen LogP contribution in [0.15, 0.2) is 24.3 Å². The Kier molecular flexibility index (Phi) is 4.23. The zero-order valence-electron chi connectivity index (χ0n) is 12.5. The predicted molar refractivity (Wildman–Crippen MR) is 85.3 cm³/mol. The van der Waals surface area contributed by atoms with Crippen molar-refractivity contribution >= 4 is 17.5 Å². The largest absolute Gasteiger partial charge is 0.349 e. The zero-order chi connectivity index (χ0) is 14.9. The first-order chi connectivity index (χ1) is 10.1. The van der Waals surface area contributed by atoms with Gasteiger partial charge in [-0.2, -0.15) is 0 Å². The first-order valence-corrected chi connectivity index (χ1v) is 8.27. The van der Waals surface area contributed by atoms with E-state index in [4.69, 9.17) is 11.6 Å². The lowest BCUT2D eigenvalue weighted by molar-refractivity contribution is -0.134. The molecule has 0 radical (unpaired) electrons. The molecular weight excluding hydrogens is 284 g/mol. The maximum absolute atomic E-state index is 12.9. The molecule has 3 rings (SSSR count). The Hall–Kier alpha value is -1.06. The average molecular weight is 307 g/mol. The number of carbonyl (C=O) groups is 1. The SMILES string of the molecule is CC(NC(=O)[C@@]12CCCC[C@H]1CNC2)c1cccc(Cl)c1. The molecule has 1 aliphatic heterocycles. The van der Waals surface area contributed by atoms with E-state index in [1.807, 2.05) is 31.2 Å². The second-order valence-corrected chi connectivity index (χ2v) is 6.92. The molecule has 21 heavy (non-hydrogen) atoms. The number of hydrogen-bond donors (Lipinski definition) is 2. The number of carbonyl (C=O) groups excluding carboxylic acids is 1. The van der Waals surface area contributed by atoms with Gasteiger partial charge in [0.2, 0.25) is 5.91 Å². The van der Waals surface area contributed by atoms with Crippen LogP contribution >= 0.6 is 11.6 Å². The number of benzene rings is 1. The van der Waals surface area contributed by atoms with Gasteiger partial charge < -0.3 is 10.6 Å². The molecule has 1 amide bonds. The van der Waals surface area contributed by atoms with Crippen molar-refractivity contribution in [3.63, 3.8) is 0 Å². The molecular formula is C17H23ClN2O. The molecule has 2 aliphatic rings. The topological polar surface area (TPSA) is 41.1 Å². The number of fused-ring (bicyclic) bond motifs is 1. The summed E-state index contributed by atoms with van der Waals surface area (Å²) in [6.07, 6.45) is 4.60. The van der Waals surface area contributed by atoms with Crippen molar-refractivity contribution in [3.8, 4) is 0 Å². The van der Waals surface area contributed by atoms with Crippen LogP contribution in [-0.2, 0) is 4.79 Å². The quantitative estimate of drug-likeness (QED) is 0.899. The summed E-state index contributed by atoms with van der Waals surface area (Å²) in [5, 5.41) is 7.36. The zero-order valence-corrected chi connectivity index (χ0v) is 13.2. The number of halogens is 1. The van der Waals surface area contributed by atoms with Crippen LogP contribution < -0.4 is 10.6 Å². The van der Waals surface area contributed by atoms with Crippen LogP contribution in [-0.4, -0.2) is 19.0 Å². The van der Waals surface area contributed by atoms with Crippen molar-refractivity contribution in [1.82, 2.24) is 10.6 Å². The molecule has 3 atom stereocenters. The Morgan fingerprint density at radius 3 is 3.14 bits per heavy atom. The Morgan fingerprint density at radius 1 is 1.48 bits per heavy atom. The smallest absolute Gasteiger partial charge is 0.228 e. The molecule has 114 valence electrons. The average Bonchev–Trinajstić information content (AvgIpc) is 2.92. The highest BCUT2D eigenvalue weighted by Gasteiger charge is 2.49. The monoisotopic (exact) mass is 306 g/mol. The predicted octanol–water partition coefficient (Wildman–Crippen LogP) is 3.30. The number of rotatable bonds is 3. The fraction of sp³-hybridized carbons (Fsp3) is 0.588. The van der Waals surface area contributed by atoms with Crippen LogP contribution in [0.25, 0.3) is 0 Å². The highest BCUT2D eigenvalue weighted by Crippen LogP contribution is 2.44. The first-order valence-electron chi connectivity index (χ1n) is 7.89. The third-order valence-corrected chi connectivity index (χ3v) is 5.42. The highest BCUT2D eigenvalue weighted by molar-refractivity contribution is 6.30. The minimum atomic E-state index is -0.189. The molecule has 2 N–H and O–H groups in total. The summed E-state index contributed by atoms with van der Waals surface area (Å²) in [6, 6.07) is 7.72. The lowest BCUT2D eigenvalue weighted by atomic mass is 9.67. The van der Waals surface area contributed by atoms with Crippen LogP contribution in [0.5, 0.6) is 0 Å². The molecule has 4 heteroatoms. The minimum Gasteiger partial charge on any atom is -0.349 e. The van der Waals surface area contributed by atoms with Gasteiger partial charge in [0.25, 0.3) is 0 Å². The minimum absolute atomic E-state index is 0.00579. The number of nitrogens with one attached hydrogen (secondary N) is 2. The molecule has 0 aromatic heterocycles. The molecule has 1 saturated heterocycles. The summed E-state index contributed by atoms with van der Waals surface area (Å²) in [5.41, 5.74) is 0.871. The summed E-state index contributed by atoms with van der Waals surface area (Å²) in [5.74, 6) is 0.711. The molecule has 1 aromatic rings. The van der Waals surface area contributed by atoms with Crippen molar-refractivity contribution in [2.75, 3.05) is 13.1 Å². The fourth-order valence-electron chi connectivity index (χ4n) is 3.89. The molecule has 1 unspecified atom stereocenters. The summed E-state index contributed by atoms with van der Waals surface area (Å²) in [6.45, 7) is 3.84. The van der Waals surface area contributed by atoms with Gasteiger partial charge in [-0.1, -0.05) is 36.6 Å². The van der Waals surface area contributed by atoms with Crippen LogP contribution in [0.1, 0.15) is 44.2 Å². The van der Waals surface area contributed by atoms with Crippen LogP contribution in [0.3, 0.4) is 0 Å². The highest BCUT2D eigenvalue weighted by atomic mass is 35.5. The lowest BCUT2D eigenvalue weighted by Crippen LogP contribution is -2.48. The molecule has 1 saturated carbocycles. The maximum atomic E-state index is 12.9. The van der Waals surface area contributed by atoms with E-state index >= 15 is 0 Å². The van der Waals surface area contributed by atoms with Gasteiger partial charge in [-0.3, -0.25) is 4.79 Å². The Balaban J connectivity index is 1.73. The van der Waals surface area contributed by atoms with Crippen molar-refractivity contribution < 1.29 is 4.79 Å². The van der Waals surface area contributed by atoms with Gasteiger partial charge >= 0.3 is 0 Å². The van der Waals surface area contributed by atoms with E-state index in [2.05, 4.69) is 10.6 Å². The van der Waals surface area contributed by atoms with Gasteiger partial charge in [0.1, 0.15) is 0 Å². The van der Waals surface area contributed by atoms with Crippen LogP contribution in [0, 0.1) is 11.3 Å². The van der Waals surface area contributed by atoms with Gasteiger partial charge in [-0.05, 0) is 49.9 Å². The standard InChI is InChI=1S/C17H23ClN2O/c1-12(13-5-4-7-15(18)9-13)20-16(21)17-8-3-2-6-14(17)10-19-11-17/h4-5,7,9,12,14,19H,2-3,6,8,10-11H2,1H3,(H,20,21)/t12?,14-,17+/m0/s1. The van der Waals surface area contributed by atoms with E-state index < -0.39 is 0 Å².